The molecular weight excluding hydrogens is 186 g/mol. The number of hydrogen-bond acceptors (Lipinski definition) is 3. The zero-order valence-electron chi connectivity index (χ0n) is 7.57. The third kappa shape index (κ3) is 2.10. The van der Waals surface area contributed by atoms with Gasteiger partial charge in [0.1, 0.15) is 0 Å². The molecule has 1 saturated carbocycles. The molecule has 0 saturated heterocycles. The Morgan fingerprint density at radius 1 is 1.46 bits per heavy atom. The van der Waals surface area contributed by atoms with Crippen molar-refractivity contribution in [3.8, 4) is 0 Å². The van der Waals surface area contributed by atoms with Crippen LogP contribution >= 0.6 is 11.6 Å². The molecule has 70 valence electrons. The summed E-state index contributed by atoms with van der Waals surface area (Å²) in [6.07, 6.45) is 5.95. The molecule has 0 amide bonds. The van der Waals surface area contributed by atoms with Crippen LogP contribution in [-0.4, -0.2) is 23.6 Å². The van der Waals surface area contributed by atoms with Crippen LogP contribution in [0, 0.1) is 5.92 Å². The van der Waals surface area contributed by atoms with Crippen LogP contribution in [-0.2, 0) is 0 Å². The average Bonchev–Trinajstić information content (AvgIpc) is 2.89. The van der Waals surface area contributed by atoms with Gasteiger partial charge in [0.25, 0.3) is 0 Å². The van der Waals surface area contributed by atoms with E-state index in [2.05, 4.69) is 14.9 Å². The van der Waals surface area contributed by atoms with Crippen LogP contribution in [0.1, 0.15) is 12.8 Å². The van der Waals surface area contributed by atoms with Crippen LogP contribution in [0.3, 0.4) is 0 Å². The van der Waals surface area contributed by atoms with Crippen molar-refractivity contribution in [2.24, 2.45) is 5.92 Å². The number of aromatic nitrogens is 2. The lowest BCUT2D eigenvalue weighted by Gasteiger charge is -2.17. The largest absolute Gasteiger partial charge is 0.357 e. The third-order valence-corrected chi connectivity index (χ3v) is 2.49. The zero-order valence-corrected chi connectivity index (χ0v) is 8.33. The molecule has 0 radical (unpaired) electrons. The Labute approximate surface area is 82.8 Å². The highest BCUT2D eigenvalue weighted by Crippen LogP contribution is 2.31. The monoisotopic (exact) mass is 197 g/mol. The van der Waals surface area contributed by atoms with Crippen molar-refractivity contribution in [1.82, 2.24) is 9.97 Å². The number of halogens is 1. The van der Waals surface area contributed by atoms with Crippen molar-refractivity contribution in [3.05, 3.63) is 17.5 Å². The molecule has 1 aliphatic rings. The van der Waals surface area contributed by atoms with E-state index >= 15 is 0 Å². The molecule has 1 fully saturated rings. The highest BCUT2D eigenvalue weighted by Gasteiger charge is 2.24. The van der Waals surface area contributed by atoms with Crippen molar-refractivity contribution in [2.75, 3.05) is 18.5 Å². The summed E-state index contributed by atoms with van der Waals surface area (Å²) < 4.78 is 0. The Kier molecular flexibility index (Phi) is 2.36. The SMILES string of the molecule is CN(CC1CC1)c1nccnc1Cl. The minimum atomic E-state index is 0.491. The van der Waals surface area contributed by atoms with Gasteiger partial charge < -0.3 is 4.90 Å². The number of anilines is 1. The fourth-order valence-electron chi connectivity index (χ4n) is 1.34. The normalized spacial score (nSPS) is 15.8. The van der Waals surface area contributed by atoms with Crippen LogP contribution in [0.25, 0.3) is 0 Å². The van der Waals surface area contributed by atoms with Gasteiger partial charge in [-0.05, 0) is 18.8 Å². The number of hydrogen-bond donors (Lipinski definition) is 0. The molecule has 1 heterocycles. The van der Waals surface area contributed by atoms with Crippen molar-refractivity contribution >= 4 is 17.4 Å². The summed E-state index contributed by atoms with van der Waals surface area (Å²) in [7, 11) is 2.01. The van der Waals surface area contributed by atoms with Gasteiger partial charge in [-0.25, -0.2) is 9.97 Å². The maximum atomic E-state index is 5.91. The van der Waals surface area contributed by atoms with Crippen molar-refractivity contribution in [1.29, 1.82) is 0 Å². The molecule has 1 aromatic rings. The Hall–Kier alpha value is -0.830. The van der Waals surface area contributed by atoms with Crippen LogP contribution < -0.4 is 4.90 Å². The van der Waals surface area contributed by atoms with Gasteiger partial charge in [-0.3, -0.25) is 0 Å². The van der Waals surface area contributed by atoms with E-state index in [-0.39, 0.29) is 0 Å². The quantitative estimate of drug-likeness (QED) is 0.742. The smallest absolute Gasteiger partial charge is 0.171 e. The summed E-state index contributed by atoms with van der Waals surface area (Å²) in [5, 5.41) is 0.491. The van der Waals surface area contributed by atoms with E-state index in [0.29, 0.717) is 5.15 Å². The van der Waals surface area contributed by atoms with Crippen LogP contribution in [0.4, 0.5) is 5.82 Å². The van der Waals surface area contributed by atoms with Gasteiger partial charge in [0, 0.05) is 26.0 Å². The van der Waals surface area contributed by atoms with Gasteiger partial charge in [-0.2, -0.15) is 0 Å². The molecule has 0 spiro atoms. The van der Waals surface area contributed by atoms with Crippen molar-refractivity contribution in [2.45, 2.75) is 12.8 Å². The molecule has 0 unspecified atom stereocenters. The summed E-state index contributed by atoms with van der Waals surface area (Å²) in [4.78, 5) is 10.3. The van der Waals surface area contributed by atoms with E-state index in [0.717, 1.165) is 18.3 Å². The minimum absolute atomic E-state index is 0.491. The van der Waals surface area contributed by atoms with Crippen LogP contribution in [0.5, 0.6) is 0 Å². The first-order valence-electron chi connectivity index (χ1n) is 4.45. The summed E-state index contributed by atoms with van der Waals surface area (Å²) in [5.41, 5.74) is 0. The molecule has 0 N–H and O–H groups in total. The lowest BCUT2D eigenvalue weighted by molar-refractivity contribution is 0.775. The molecule has 0 aromatic carbocycles. The molecule has 1 aromatic heterocycles. The molecule has 13 heavy (non-hydrogen) atoms. The average molecular weight is 198 g/mol. The third-order valence-electron chi connectivity index (χ3n) is 2.23. The Morgan fingerprint density at radius 2 is 2.15 bits per heavy atom. The van der Waals surface area contributed by atoms with E-state index in [1.807, 2.05) is 7.05 Å². The number of rotatable bonds is 3. The fourth-order valence-corrected chi connectivity index (χ4v) is 1.59. The highest BCUT2D eigenvalue weighted by molar-refractivity contribution is 6.31. The first-order valence-corrected chi connectivity index (χ1v) is 4.83. The molecule has 2 rings (SSSR count). The van der Waals surface area contributed by atoms with Crippen molar-refractivity contribution in [3.63, 3.8) is 0 Å². The van der Waals surface area contributed by atoms with Gasteiger partial charge >= 0.3 is 0 Å². The van der Waals surface area contributed by atoms with Gasteiger partial charge in [0.15, 0.2) is 11.0 Å². The van der Waals surface area contributed by atoms with E-state index in [4.69, 9.17) is 11.6 Å². The van der Waals surface area contributed by atoms with E-state index in [1.54, 1.807) is 12.4 Å². The molecule has 1 aliphatic carbocycles. The minimum Gasteiger partial charge on any atom is -0.357 e. The molecule has 0 bridgehead atoms. The fraction of sp³-hybridized carbons (Fsp3) is 0.556. The first-order chi connectivity index (χ1) is 6.27. The van der Waals surface area contributed by atoms with E-state index < -0.39 is 0 Å². The Bertz CT molecular complexity index is 299. The second-order valence-electron chi connectivity index (χ2n) is 3.49. The van der Waals surface area contributed by atoms with Crippen molar-refractivity contribution < 1.29 is 0 Å². The maximum absolute atomic E-state index is 5.91. The summed E-state index contributed by atoms with van der Waals surface area (Å²) in [6.45, 7) is 1.04. The second kappa shape index (κ2) is 3.50. The summed E-state index contributed by atoms with van der Waals surface area (Å²) in [5.74, 6) is 1.62. The number of nitrogens with zero attached hydrogens (tertiary/aromatic N) is 3. The van der Waals surface area contributed by atoms with Gasteiger partial charge in [0.05, 0.1) is 0 Å². The molecule has 0 atom stereocenters. The summed E-state index contributed by atoms with van der Waals surface area (Å²) in [6, 6.07) is 0. The molecule has 3 nitrogen and oxygen atoms in total. The standard InChI is InChI=1S/C9H12ClN3/c1-13(6-7-2-3-7)9-8(10)11-4-5-12-9/h4-5,7H,2-3,6H2,1H3. The Balaban J connectivity index is 2.09. The zero-order chi connectivity index (χ0) is 9.26. The van der Waals surface area contributed by atoms with Gasteiger partial charge in [0.2, 0.25) is 0 Å². The van der Waals surface area contributed by atoms with E-state index in [9.17, 15) is 0 Å². The highest BCUT2D eigenvalue weighted by atomic mass is 35.5. The Morgan fingerprint density at radius 3 is 2.77 bits per heavy atom. The lowest BCUT2D eigenvalue weighted by Crippen LogP contribution is -2.21. The molecule has 4 heteroatoms. The summed E-state index contributed by atoms with van der Waals surface area (Å²) >= 11 is 5.91. The topological polar surface area (TPSA) is 29.0 Å². The molecular formula is C9H12ClN3. The molecule has 0 aliphatic heterocycles. The predicted octanol–water partition coefficient (Wildman–Crippen LogP) is 1.98. The van der Waals surface area contributed by atoms with Crippen LogP contribution in [0.2, 0.25) is 5.15 Å². The lowest BCUT2D eigenvalue weighted by atomic mass is 10.4. The predicted molar refractivity (Wildman–Crippen MR) is 53.0 cm³/mol. The van der Waals surface area contributed by atoms with Gasteiger partial charge in [-0.1, -0.05) is 11.6 Å². The second-order valence-corrected chi connectivity index (χ2v) is 3.85. The van der Waals surface area contributed by atoms with Gasteiger partial charge in [-0.15, -0.1) is 0 Å². The first kappa shape index (κ1) is 8.75. The maximum Gasteiger partial charge on any atom is 0.171 e. The van der Waals surface area contributed by atoms with Crippen LogP contribution in [0.15, 0.2) is 12.4 Å². The van der Waals surface area contributed by atoms with E-state index in [1.165, 1.54) is 12.8 Å².